The lowest BCUT2D eigenvalue weighted by Crippen LogP contribution is -2.41. The molecule has 1 unspecified atom stereocenters. The van der Waals surface area contributed by atoms with Gasteiger partial charge in [-0.3, -0.25) is 9.69 Å². The summed E-state index contributed by atoms with van der Waals surface area (Å²) in [6.45, 7) is 3.94. The fourth-order valence-corrected chi connectivity index (χ4v) is 2.50. The van der Waals surface area contributed by atoms with Gasteiger partial charge in [-0.1, -0.05) is 36.8 Å². The van der Waals surface area contributed by atoms with E-state index in [0.29, 0.717) is 24.8 Å². The highest BCUT2D eigenvalue weighted by molar-refractivity contribution is 5.82. The van der Waals surface area contributed by atoms with Crippen molar-refractivity contribution in [2.75, 3.05) is 13.1 Å². The molecule has 1 heterocycles. The molecule has 0 radical (unpaired) electrons. The number of hydrogen-bond acceptors (Lipinski definition) is 2. The van der Waals surface area contributed by atoms with E-state index in [0.717, 1.165) is 12.1 Å². The summed E-state index contributed by atoms with van der Waals surface area (Å²) in [5.74, 6) is 0.338. The van der Waals surface area contributed by atoms with Gasteiger partial charge in [-0.2, -0.15) is 0 Å². The highest BCUT2D eigenvalue weighted by Gasteiger charge is 2.20. The highest BCUT2D eigenvalue weighted by atomic mass is 16.1. The molecule has 1 aromatic rings. The number of rotatable bonds is 4. The maximum Gasteiger partial charge on any atom is 0.151 e. The van der Waals surface area contributed by atoms with Crippen molar-refractivity contribution in [1.82, 2.24) is 4.90 Å². The number of piperidine rings is 1. The molecule has 1 aliphatic rings. The maximum atomic E-state index is 12.0. The van der Waals surface area contributed by atoms with Gasteiger partial charge >= 0.3 is 0 Å². The molecule has 0 saturated carbocycles. The van der Waals surface area contributed by atoms with Crippen molar-refractivity contribution in [2.24, 2.45) is 0 Å². The van der Waals surface area contributed by atoms with Gasteiger partial charge in [0.25, 0.3) is 0 Å². The Morgan fingerprint density at radius 3 is 2.76 bits per heavy atom. The largest absolute Gasteiger partial charge is 0.298 e. The van der Waals surface area contributed by atoms with Crippen LogP contribution in [0.2, 0.25) is 0 Å². The van der Waals surface area contributed by atoms with E-state index in [2.05, 4.69) is 11.8 Å². The van der Waals surface area contributed by atoms with E-state index in [4.69, 9.17) is 0 Å². The van der Waals surface area contributed by atoms with Crippen LogP contribution < -0.4 is 0 Å². The van der Waals surface area contributed by atoms with E-state index in [-0.39, 0.29) is 0 Å². The number of nitrogens with zero attached hydrogens (tertiary/aromatic N) is 1. The van der Waals surface area contributed by atoms with Crippen molar-refractivity contribution in [3.05, 3.63) is 35.9 Å². The number of carbonyl (C=O) groups is 1. The van der Waals surface area contributed by atoms with Crippen LogP contribution in [-0.2, 0) is 11.2 Å². The van der Waals surface area contributed by atoms with E-state index in [9.17, 15) is 4.79 Å². The van der Waals surface area contributed by atoms with Gasteiger partial charge in [0.1, 0.15) is 0 Å². The molecule has 0 aliphatic carbocycles. The van der Waals surface area contributed by atoms with Crippen molar-refractivity contribution < 1.29 is 4.79 Å². The first-order valence-corrected chi connectivity index (χ1v) is 6.55. The molecule has 17 heavy (non-hydrogen) atoms. The molecule has 0 amide bonds. The molecular weight excluding hydrogens is 210 g/mol. The van der Waals surface area contributed by atoms with Crippen molar-refractivity contribution in [2.45, 2.75) is 38.6 Å². The topological polar surface area (TPSA) is 20.3 Å². The third-order valence-corrected chi connectivity index (χ3v) is 3.56. The number of likely N-dealkylation sites (tertiary alicyclic amines) is 1. The van der Waals surface area contributed by atoms with E-state index < -0.39 is 0 Å². The lowest BCUT2D eigenvalue weighted by molar-refractivity contribution is -0.120. The number of benzene rings is 1. The lowest BCUT2D eigenvalue weighted by atomic mass is 10.0. The molecule has 2 rings (SSSR count). The van der Waals surface area contributed by atoms with Crippen molar-refractivity contribution in [3.63, 3.8) is 0 Å². The van der Waals surface area contributed by atoms with Crippen LogP contribution in [0.5, 0.6) is 0 Å². The van der Waals surface area contributed by atoms with Crippen LogP contribution in [0.4, 0.5) is 0 Å². The fourth-order valence-electron chi connectivity index (χ4n) is 2.50. The minimum absolute atomic E-state index is 0.338. The Balaban J connectivity index is 1.84. The summed E-state index contributed by atoms with van der Waals surface area (Å²) in [5, 5.41) is 0. The highest BCUT2D eigenvalue weighted by Crippen LogP contribution is 2.16. The summed E-state index contributed by atoms with van der Waals surface area (Å²) in [4.78, 5) is 14.3. The van der Waals surface area contributed by atoms with Gasteiger partial charge in [0.05, 0.1) is 6.54 Å². The Hall–Kier alpha value is -1.15. The van der Waals surface area contributed by atoms with Crippen LogP contribution in [0.1, 0.15) is 31.7 Å². The number of ketones is 1. The van der Waals surface area contributed by atoms with Crippen LogP contribution in [0, 0.1) is 0 Å². The van der Waals surface area contributed by atoms with Crippen LogP contribution >= 0.6 is 0 Å². The zero-order chi connectivity index (χ0) is 12.1. The number of hydrogen-bond donors (Lipinski definition) is 0. The molecule has 2 nitrogen and oxygen atoms in total. The minimum atomic E-state index is 0.338. The Morgan fingerprint density at radius 1 is 1.29 bits per heavy atom. The van der Waals surface area contributed by atoms with Gasteiger partial charge in [-0.25, -0.2) is 0 Å². The van der Waals surface area contributed by atoms with Gasteiger partial charge in [0.2, 0.25) is 0 Å². The third kappa shape index (κ3) is 3.67. The first-order chi connectivity index (χ1) is 8.25. The van der Waals surface area contributed by atoms with Gasteiger partial charge < -0.3 is 0 Å². The van der Waals surface area contributed by atoms with Crippen LogP contribution in [0.3, 0.4) is 0 Å². The number of Topliss-reactive ketones (excluding diaryl/α,β-unsaturated/α-hetero) is 1. The first-order valence-electron chi connectivity index (χ1n) is 6.55. The van der Waals surface area contributed by atoms with Crippen LogP contribution in [0.25, 0.3) is 0 Å². The Labute approximate surface area is 104 Å². The normalized spacial score (nSPS) is 21.4. The third-order valence-electron chi connectivity index (χ3n) is 3.56. The predicted octanol–water partition coefficient (Wildman–Crippen LogP) is 2.67. The second-order valence-electron chi connectivity index (χ2n) is 5.02. The monoisotopic (exact) mass is 231 g/mol. The maximum absolute atomic E-state index is 12.0. The summed E-state index contributed by atoms with van der Waals surface area (Å²) in [6.07, 6.45) is 4.36. The molecule has 1 fully saturated rings. The molecule has 92 valence electrons. The average Bonchev–Trinajstić information content (AvgIpc) is 2.33. The van der Waals surface area contributed by atoms with Crippen LogP contribution in [0.15, 0.2) is 30.3 Å². The Kier molecular flexibility index (Phi) is 4.32. The molecule has 0 bridgehead atoms. The first kappa shape index (κ1) is 12.3. The molecule has 1 aromatic carbocycles. The van der Waals surface area contributed by atoms with Gasteiger partial charge in [-0.15, -0.1) is 0 Å². The van der Waals surface area contributed by atoms with Gasteiger partial charge in [0.15, 0.2) is 5.78 Å². The van der Waals surface area contributed by atoms with Crippen LogP contribution in [-0.4, -0.2) is 29.8 Å². The van der Waals surface area contributed by atoms with E-state index in [1.807, 2.05) is 30.3 Å². The lowest BCUT2D eigenvalue weighted by Gasteiger charge is -2.32. The number of carbonyl (C=O) groups excluding carboxylic acids is 1. The predicted molar refractivity (Wildman–Crippen MR) is 70.0 cm³/mol. The van der Waals surface area contributed by atoms with Gasteiger partial charge in [0, 0.05) is 12.5 Å². The minimum Gasteiger partial charge on any atom is -0.298 e. The van der Waals surface area contributed by atoms with Crippen molar-refractivity contribution >= 4 is 5.78 Å². The Bertz CT molecular complexity index is 360. The summed E-state index contributed by atoms with van der Waals surface area (Å²) >= 11 is 0. The fraction of sp³-hybridized carbons (Fsp3) is 0.533. The average molecular weight is 231 g/mol. The molecule has 2 heteroatoms. The molecular formula is C15H21NO. The van der Waals surface area contributed by atoms with E-state index in [1.54, 1.807) is 0 Å². The molecule has 0 spiro atoms. The zero-order valence-corrected chi connectivity index (χ0v) is 10.6. The standard InChI is InChI=1S/C15H21NO/c1-13-7-5-6-10-16(13)12-15(17)11-14-8-3-2-4-9-14/h2-4,8-9,13H,5-7,10-12H2,1H3. The van der Waals surface area contributed by atoms with Gasteiger partial charge in [-0.05, 0) is 31.9 Å². The molecule has 1 saturated heterocycles. The summed E-state index contributed by atoms with van der Waals surface area (Å²) in [7, 11) is 0. The second kappa shape index (κ2) is 5.97. The Morgan fingerprint density at radius 2 is 2.06 bits per heavy atom. The summed E-state index contributed by atoms with van der Waals surface area (Å²) in [5.41, 5.74) is 1.13. The smallest absolute Gasteiger partial charge is 0.151 e. The van der Waals surface area contributed by atoms with Crippen molar-refractivity contribution in [1.29, 1.82) is 0 Å². The summed E-state index contributed by atoms with van der Waals surface area (Å²) in [6, 6.07) is 10.6. The molecule has 0 aromatic heterocycles. The quantitative estimate of drug-likeness (QED) is 0.794. The summed E-state index contributed by atoms with van der Waals surface area (Å²) < 4.78 is 0. The van der Waals surface area contributed by atoms with E-state index in [1.165, 1.54) is 19.3 Å². The zero-order valence-electron chi connectivity index (χ0n) is 10.6. The molecule has 1 atom stereocenters. The van der Waals surface area contributed by atoms with E-state index >= 15 is 0 Å². The molecule has 0 N–H and O–H groups in total. The molecule has 1 aliphatic heterocycles. The second-order valence-corrected chi connectivity index (χ2v) is 5.02. The SMILES string of the molecule is CC1CCCCN1CC(=O)Cc1ccccc1. The van der Waals surface area contributed by atoms with Crippen molar-refractivity contribution in [3.8, 4) is 0 Å².